The Hall–Kier alpha value is -1.74. The molecular weight excluding hydrogens is 201 g/mol. The van der Waals surface area contributed by atoms with Gasteiger partial charge in [0.05, 0.1) is 0 Å². The number of carbonyl (C=O) groups excluding carboxylic acids is 1. The summed E-state index contributed by atoms with van der Waals surface area (Å²) in [5, 5.41) is 9.00. The van der Waals surface area contributed by atoms with Gasteiger partial charge >= 0.3 is 5.97 Å². The van der Waals surface area contributed by atoms with Crippen molar-refractivity contribution in [2.75, 3.05) is 0 Å². The zero-order chi connectivity index (χ0) is 11.6. The highest BCUT2D eigenvalue weighted by Gasteiger charge is 2.50. The van der Waals surface area contributed by atoms with Crippen molar-refractivity contribution in [1.29, 1.82) is 0 Å². The van der Waals surface area contributed by atoms with Gasteiger partial charge in [-0.15, -0.1) is 0 Å². The molecule has 0 aromatic rings. The Morgan fingerprint density at radius 2 is 2.27 bits per heavy atom. The largest absolute Gasteiger partial charge is 0.479 e. The summed E-state index contributed by atoms with van der Waals surface area (Å²) < 4.78 is 13.5. The third-order valence-corrected chi connectivity index (χ3v) is 2.71. The fourth-order valence-corrected chi connectivity index (χ4v) is 1.57. The number of allylic oxidation sites excluding steroid dienone is 2. The predicted octanol–water partition coefficient (Wildman–Crippen LogP) is 1.59. The van der Waals surface area contributed by atoms with Crippen molar-refractivity contribution >= 4 is 12.0 Å². The van der Waals surface area contributed by atoms with E-state index in [-0.39, 0.29) is 0 Å². The number of aliphatic imine (C=N–C) groups is 1. The summed E-state index contributed by atoms with van der Waals surface area (Å²) in [7, 11) is 0. The molecule has 0 aromatic heterocycles. The molecule has 1 aliphatic carbocycles. The summed E-state index contributed by atoms with van der Waals surface area (Å²) in [6, 6.07) is 0. The minimum absolute atomic E-state index is 0.651. The molecule has 0 saturated heterocycles. The summed E-state index contributed by atoms with van der Waals surface area (Å²) >= 11 is 0. The maximum atomic E-state index is 13.5. The zero-order valence-corrected chi connectivity index (χ0v) is 8.32. The van der Waals surface area contributed by atoms with Crippen molar-refractivity contribution in [2.24, 2.45) is 10.9 Å². The quantitative estimate of drug-likeness (QED) is 0.557. The molecule has 2 unspecified atom stereocenters. The number of aliphatic carboxylic acids is 1. The second kappa shape index (κ2) is 3.79. The number of carbonyl (C=O) groups is 1. The van der Waals surface area contributed by atoms with Crippen LogP contribution in [-0.2, 0) is 9.59 Å². The van der Waals surface area contributed by atoms with Gasteiger partial charge in [0.2, 0.25) is 11.6 Å². The Kier molecular flexibility index (Phi) is 2.86. The van der Waals surface area contributed by atoms with Crippen LogP contribution < -0.4 is 0 Å². The van der Waals surface area contributed by atoms with Gasteiger partial charge in [-0.2, -0.15) is 4.99 Å². The lowest BCUT2D eigenvalue weighted by Crippen LogP contribution is -2.45. The molecule has 0 aliphatic heterocycles. The highest BCUT2D eigenvalue weighted by atomic mass is 19.1. The lowest BCUT2D eigenvalue weighted by Gasteiger charge is -2.31. The molecule has 2 atom stereocenters. The van der Waals surface area contributed by atoms with Gasteiger partial charge in [-0.3, -0.25) is 0 Å². The Balaban J connectivity index is 3.42. The van der Waals surface area contributed by atoms with E-state index in [0.29, 0.717) is 5.57 Å². The Morgan fingerprint density at radius 1 is 1.67 bits per heavy atom. The van der Waals surface area contributed by atoms with E-state index in [9.17, 15) is 14.0 Å². The Bertz CT molecular complexity index is 403. The molecule has 1 aliphatic rings. The second-order valence-corrected chi connectivity index (χ2v) is 3.42. The minimum Gasteiger partial charge on any atom is -0.479 e. The monoisotopic (exact) mass is 211 g/mol. The first-order chi connectivity index (χ1) is 6.96. The van der Waals surface area contributed by atoms with Crippen molar-refractivity contribution in [3.05, 3.63) is 23.6 Å². The molecule has 0 fully saturated rings. The molecule has 0 aromatic carbocycles. The molecular formula is C10H10FNO3. The normalized spacial score (nSPS) is 29.9. The Morgan fingerprint density at radius 3 is 2.73 bits per heavy atom. The Labute approximate surface area is 85.8 Å². The summed E-state index contributed by atoms with van der Waals surface area (Å²) in [5.41, 5.74) is -1.49. The van der Waals surface area contributed by atoms with Gasteiger partial charge in [-0.05, 0) is 13.0 Å². The summed E-state index contributed by atoms with van der Waals surface area (Å²) in [6.07, 6.45) is 3.62. The van der Waals surface area contributed by atoms with Gasteiger partial charge in [0.1, 0.15) is 5.83 Å². The fourth-order valence-electron chi connectivity index (χ4n) is 1.57. The van der Waals surface area contributed by atoms with E-state index in [0.717, 1.165) is 12.2 Å². The van der Waals surface area contributed by atoms with Gasteiger partial charge < -0.3 is 5.11 Å². The molecule has 80 valence electrons. The van der Waals surface area contributed by atoms with Crippen molar-refractivity contribution in [2.45, 2.75) is 19.4 Å². The number of nitrogens with zero attached hydrogens (tertiary/aromatic N) is 1. The summed E-state index contributed by atoms with van der Waals surface area (Å²) in [5.74, 6) is -3.14. The topological polar surface area (TPSA) is 66.7 Å². The predicted molar refractivity (Wildman–Crippen MR) is 50.6 cm³/mol. The van der Waals surface area contributed by atoms with Crippen LogP contribution in [0.3, 0.4) is 0 Å². The molecule has 0 amide bonds. The van der Waals surface area contributed by atoms with E-state index in [2.05, 4.69) is 4.99 Å². The van der Waals surface area contributed by atoms with E-state index in [1.807, 2.05) is 0 Å². The van der Waals surface area contributed by atoms with E-state index < -0.39 is 23.3 Å². The van der Waals surface area contributed by atoms with Crippen LogP contribution >= 0.6 is 0 Å². The third-order valence-electron chi connectivity index (χ3n) is 2.71. The standard InChI is InChI=1S/C10H10FNO3/c1-6-3-4-8(11)10(7(6)2,9(14)15)12-5-13/h3-4,7H,1-2H3,(H,14,15). The molecule has 15 heavy (non-hydrogen) atoms. The van der Waals surface area contributed by atoms with Crippen molar-refractivity contribution in [1.82, 2.24) is 0 Å². The van der Waals surface area contributed by atoms with Gasteiger partial charge in [0, 0.05) is 5.92 Å². The lowest BCUT2D eigenvalue weighted by molar-refractivity contribution is -0.143. The van der Waals surface area contributed by atoms with Crippen LogP contribution in [0.5, 0.6) is 0 Å². The van der Waals surface area contributed by atoms with Gasteiger partial charge in [0.15, 0.2) is 0 Å². The van der Waals surface area contributed by atoms with Gasteiger partial charge in [0.25, 0.3) is 0 Å². The molecule has 0 radical (unpaired) electrons. The average molecular weight is 211 g/mol. The average Bonchev–Trinajstić information content (AvgIpc) is 2.18. The molecule has 0 heterocycles. The number of carboxylic acids is 1. The van der Waals surface area contributed by atoms with Crippen LogP contribution in [0.4, 0.5) is 4.39 Å². The van der Waals surface area contributed by atoms with Crippen LogP contribution in [0.1, 0.15) is 13.8 Å². The van der Waals surface area contributed by atoms with Crippen molar-refractivity contribution in [3.63, 3.8) is 0 Å². The molecule has 0 spiro atoms. The minimum atomic E-state index is -2.14. The van der Waals surface area contributed by atoms with Crippen LogP contribution in [0.15, 0.2) is 28.5 Å². The van der Waals surface area contributed by atoms with Gasteiger partial charge in [-0.1, -0.05) is 18.6 Å². The van der Waals surface area contributed by atoms with E-state index in [1.54, 1.807) is 6.92 Å². The van der Waals surface area contributed by atoms with E-state index in [1.165, 1.54) is 13.0 Å². The molecule has 4 nitrogen and oxygen atoms in total. The van der Waals surface area contributed by atoms with Crippen molar-refractivity contribution < 1.29 is 19.1 Å². The number of carboxylic acid groups (broad SMARTS) is 1. The zero-order valence-electron chi connectivity index (χ0n) is 8.32. The second-order valence-electron chi connectivity index (χ2n) is 3.42. The highest BCUT2D eigenvalue weighted by Crippen LogP contribution is 2.39. The molecule has 0 bridgehead atoms. The van der Waals surface area contributed by atoms with Crippen LogP contribution in [0, 0.1) is 5.92 Å². The summed E-state index contributed by atoms with van der Waals surface area (Å²) in [6.45, 7) is 3.17. The van der Waals surface area contributed by atoms with Crippen LogP contribution in [0.2, 0.25) is 0 Å². The SMILES string of the molecule is CC1=CC=C(F)C(N=C=O)(C(=O)O)C1C. The number of halogens is 1. The van der Waals surface area contributed by atoms with Crippen LogP contribution in [0.25, 0.3) is 0 Å². The van der Waals surface area contributed by atoms with Crippen LogP contribution in [-0.4, -0.2) is 22.7 Å². The maximum absolute atomic E-state index is 13.5. The lowest BCUT2D eigenvalue weighted by atomic mass is 9.77. The number of hydrogen-bond donors (Lipinski definition) is 1. The molecule has 1 N–H and O–H groups in total. The first-order valence-corrected chi connectivity index (χ1v) is 4.33. The van der Waals surface area contributed by atoms with Crippen molar-refractivity contribution in [3.8, 4) is 0 Å². The maximum Gasteiger partial charge on any atom is 0.340 e. The smallest absolute Gasteiger partial charge is 0.340 e. The number of isocyanates is 1. The van der Waals surface area contributed by atoms with Gasteiger partial charge in [-0.25, -0.2) is 14.0 Å². The molecule has 5 heteroatoms. The van der Waals surface area contributed by atoms with E-state index in [4.69, 9.17) is 5.11 Å². The third kappa shape index (κ3) is 1.51. The molecule has 1 rings (SSSR count). The fraction of sp³-hybridized carbons (Fsp3) is 0.400. The summed E-state index contributed by atoms with van der Waals surface area (Å²) in [4.78, 5) is 24.4. The number of rotatable bonds is 2. The highest BCUT2D eigenvalue weighted by molar-refractivity contribution is 5.85. The van der Waals surface area contributed by atoms with E-state index >= 15 is 0 Å². The molecule has 0 saturated carbocycles. The first-order valence-electron chi connectivity index (χ1n) is 4.33. The number of hydrogen-bond acceptors (Lipinski definition) is 3. The first kappa shape index (κ1) is 11.3.